The van der Waals surface area contributed by atoms with Crippen molar-refractivity contribution in [1.29, 1.82) is 0 Å². The Kier molecular flexibility index (Phi) is 6.78. The Morgan fingerprint density at radius 1 is 1.31 bits per heavy atom. The molecular weight excluding hydrogens is 481 g/mol. The van der Waals surface area contributed by atoms with Gasteiger partial charge >= 0.3 is 0 Å². The van der Waals surface area contributed by atoms with Gasteiger partial charge in [-0.1, -0.05) is 11.6 Å². The van der Waals surface area contributed by atoms with Crippen molar-refractivity contribution in [1.82, 2.24) is 5.48 Å². The highest BCUT2D eigenvalue weighted by atomic mass is 127. The third-order valence-corrected chi connectivity index (χ3v) is 4.10. The van der Waals surface area contributed by atoms with Crippen LogP contribution in [0, 0.1) is 15.2 Å². The van der Waals surface area contributed by atoms with Crippen LogP contribution >= 0.6 is 34.2 Å². The first-order chi connectivity index (χ1) is 12.1. The first-order valence-corrected chi connectivity index (χ1v) is 8.89. The van der Waals surface area contributed by atoms with E-state index >= 15 is 0 Å². The summed E-state index contributed by atoms with van der Waals surface area (Å²) in [4.78, 5) is 17.2. The molecule has 26 heavy (non-hydrogen) atoms. The molecule has 0 bridgehead atoms. The van der Waals surface area contributed by atoms with Gasteiger partial charge in [-0.2, -0.15) is 0 Å². The van der Waals surface area contributed by atoms with E-state index in [4.69, 9.17) is 16.4 Å². The second kappa shape index (κ2) is 8.47. The third-order valence-electron chi connectivity index (χ3n) is 3.12. The van der Waals surface area contributed by atoms with Gasteiger partial charge in [0.1, 0.15) is 6.61 Å². The standard InChI is InChI=1S/C17H16ClF2IN2O3/c1-17(2,25)8-26-23-16(24)10-4-5-12(19)14(20)15(10)22-13-6-3-9(21)7-11(13)18/h3-7,22,25H,8H2,1-2H3,(H,23,24). The molecule has 0 saturated carbocycles. The van der Waals surface area contributed by atoms with Gasteiger partial charge in [0.2, 0.25) is 0 Å². The van der Waals surface area contributed by atoms with Gasteiger partial charge in [0.05, 0.1) is 27.6 Å². The van der Waals surface area contributed by atoms with E-state index in [9.17, 15) is 18.7 Å². The number of hydrogen-bond donors (Lipinski definition) is 3. The lowest BCUT2D eigenvalue weighted by molar-refractivity contribution is -0.0522. The maximum atomic E-state index is 14.3. The van der Waals surface area contributed by atoms with Crippen LogP contribution in [0.2, 0.25) is 5.02 Å². The van der Waals surface area contributed by atoms with Crippen LogP contribution < -0.4 is 10.8 Å². The molecule has 1 amide bonds. The Morgan fingerprint density at radius 2 is 2.00 bits per heavy atom. The van der Waals surface area contributed by atoms with Crippen molar-refractivity contribution in [2.75, 3.05) is 11.9 Å². The van der Waals surface area contributed by atoms with Crippen molar-refractivity contribution >= 4 is 51.5 Å². The molecule has 0 aliphatic rings. The van der Waals surface area contributed by atoms with Crippen molar-refractivity contribution in [2.24, 2.45) is 0 Å². The molecule has 2 aromatic rings. The Bertz CT molecular complexity index is 828. The van der Waals surface area contributed by atoms with Crippen molar-refractivity contribution in [3.05, 3.63) is 56.1 Å². The van der Waals surface area contributed by atoms with Crippen molar-refractivity contribution in [2.45, 2.75) is 19.4 Å². The van der Waals surface area contributed by atoms with Crippen LogP contribution in [0.25, 0.3) is 0 Å². The van der Waals surface area contributed by atoms with Crippen LogP contribution in [-0.2, 0) is 4.84 Å². The van der Waals surface area contributed by atoms with E-state index in [1.165, 1.54) is 13.8 Å². The quantitative estimate of drug-likeness (QED) is 0.410. The minimum atomic E-state index is -1.23. The maximum absolute atomic E-state index is 14.3. The van der Waals surface area contributed by atoms with E-state index in [1.807, 2.05) is 0 Å². The number of aliphatic hydroxyl groups is 1. The van der Waals surface area contributed by atoms with E-state index in [1.54, 1.807) is 18.2 Å². The largest absolute Gasteiger partial charge is 0.388 e. The molecule has 2 rings (SSSR count). The van der Waals surface area contributed by atoms with E-state index in [2.05, 4.69) is 33.4 Å². The van der Waals surface area contributed by atoms with E-state index < -0.39 is 23.1 Å². The maximum Gasteiger partial charge on any atom is 0.277 e. The molecule has 0 radical (unpaired) electrons. The van der Waals surface area contributed by atoms with Crippen LogP contribution in [0.1, 0.15) is 24.2 Å². The number of benzene rings is 2. The van der Waals surface area contributed by atoms with Gasteiger partial charge in [0.15, 0.2) is 11.6 Å². The summed E-state index contributed by atoms with van der Waals surface area (Å²) in [6.07, 6.45) is 0. The van der Waals surface area contributed by atoms with Gasteiger partial charge in [-0.3, -0.25) is 9.63 Å². The Hall–Kier alpha value is -1.49. The summed E-state index contributed by atoms with van der Waals surface area (Å²) in [6, 6.07) is 6.89. The molecule has 0 heterocycles. The number of amides is 1. The lowest BCUT2D eigenvalue weighted by Gasteiger charge is -2.18. The highest BCUT2D eigenvalue weighted by molar-refractivity contribution is 14.1. The van der Waals surface area contributed by atoms with Gasteiger partial charge in [-0.15, -0.1) is 0 Å². The first kappa shape index (κ1) is 20.8. The fourth-order valence-corrected chi connectivity index (χ4v) is 2.82. The molecule has 0 atom stereocenters. The molecule has 0 aliphatic carbocycles. The fourth-order valence-electron chi connectivity index (χ4n) is 1.92. The molecule has 5 nitrogen and oxygen atoms in total. The van der Waals surface area contributed by atoms with Crippen LogP contribution in [0.15, 0.2) is 30.3 Å². The van der Waals surface area contributed by atoms with Crippen molar-refractivity contribution in [3.63, 3.8) is 0 Å². The zero-order valence-corrected chi connectivity index (χ0v) is 16.8. The third kappa shape index (κ3) is 5.50. The SMILES string of the molecule is CC(C)(O)CONC(=O)c1ccc(F)c(F)c1Nc1ccc(I)cc1Cl. The number of hydrogen-bond acceptors (Lipinski definition) is 4. The van der Waals surface area contributed by atoms with Crippen molar-refractivity contribution in [3.8, 4) is 0 Å². The zero-order chi connectivity index (χ0) is 19.5. The molecule has 9 heteroatoms. The Balaban J connectivity index is 2.30. The molecule has 0 aliphatic heterocycles. The smallest absolute Gasteiger partial charge is 0.277 e. The lowest BCUT2D eigenvalue weighted by Crippen LogP contribution is -2.33. The monoisotopic (exact) mass is 496 g/mol. The second-order valence-electron chi connectivity index (χ2n) is 6.07. The fraction of sp³-hybridized carbons (Fsp3) is 0.235. The topological polar surface area (TPSA) is 70.6 Å². The lowest BCUT2D eigenvalue weighted by atomic mass is 10.1. The van der Waals surface area contributed by atoms with Gasteiger partial charge in [0.25, 0.3) is 5.91 Å². The number of halogens is 4. The minimum absolute atomic E-state index is 0.186. The van der Waals surface area contributed by atoms with E-state index in [0.717, 1.165) is 15.7 Å². The molecule has 0 spiro atoms. The molecule has 0 aromatic heterocycles. The zero-order valence-electron chi connectivity index (χ0n) is 13.9. The molecule has 0 unspecified atom stereocenters. The Labute approximate surface area is 167 Å². The van der Waals surface area contributed by atoms with E-state index in [-0.39, 0.29) is 22.9 Å². The number of rotatable bonds is 6. The van der Waals surface area contributed by atoms with Crippen LogP contribution in [-0.4, -0.2) is 23.2 Å². The molecule has 0 saturated heterocycles. The summed E-state index contributed by atoms with van der Waals surface area (Å²) in [5.41, 5.74) is 0.665. The molecular formula is C17H16ClF2IN2O3. The number of anilines is 2. The molecule has 2 aromatic carbocycles. The normalized spacial score (nSPS) is 11.3. The summed E-state index contributed by atoms with van der Waals surface area (Å²) >= 11 is 8.16. The summed E-state index contributed by atoms with van der Waals surface area (Å²) < 4.78 is 28.8. The second-order valence-corrected chi connectivity index (χ2v) is 7.72. The number of carbonyl (C=O) groups excluding carboxylic acids is 1. The molecule has 0 fully saturated rings. The summed E-state index contributed by atoms with van der Waals surface area (Å²) in [5, 5.41) is 12.5. The summed E-state index contributed by atoms with van der Waals surface area (Å²) in [6.45, 7) is 2.79. The van der Waals surface area contributed by atoms with Gasteiger partial charge in [-0.25, -0.2) is 14.3 Å². The summed E-state index contributed by atoms with van der Waals surface area (Å²) in [5.74, 6) is -3.16. The molecule has 140 valence electrons. The average molecular weight is 497 g/mol. The first-order valence-electron chi connectivity index (χ1n) is 7.43. The van der Waals surface area contributed by atoms with Gasteiger partial charge < -0.3 is 10.4 Å². The minimum Gasteiger partial charge on any atom is -0.388 e. The highest BCUT2D eigenvalue weighted by Crippen LogP contribution is 2.31. The average Bonchev–Trinajstić information content (AvgIpc) is 2.52. The predicted octanol–water partition coefficient (Wildman–Crippen LogP) is 4.40. The van der Waals surface area contributed by atoms with Crippen LogP contribution in [0.4, 0.5) is 20.2 Å². The van der Waals surface area contributed by atoms with E-state index in [0.29, 0.717) is 5.69 Å². The number of nitrogens with one attached hydrogen (secondary N) is 2. The predicted molar refractivity (Wildman–Crippen MR) is 104 cm³/mol. The van der Waals surface area contributed by atoms with Crippen molar-refractivity contribution < 1.29 is 23.5 Å². The highest BCUT2D eigenvalue weighted by Gasteiger charge is 2.21. The van der Waals surface area contributed by atoms with Gasteiger partial charge in [0, 0.05) is 3.57 Å². The van der Waals surface area contributed by atoms with Crippen LogP contribution in [0.5, 0.6) is 0 Å². The van der Waals surface area contributed by atoms with Gasteiger partial charge in [-0.05, 0) is 66.8 Å². The van der Waals surface area contributed by atoms with Crippen LogP contribution in [0.3, 0.4) is 0 Å². The number of hydroxylamine groups is 1. The Morgan fingerprint density at radius 3 is 2.62 bits per heavy atom. The molecule has 3 N–H and O–H groups in total. The number of carbonyl (C=O) groups is 1. The summed E-state index contributed by atoms with van der Waals surface area (Å²) in [7, 11) is 0.